The van der Waals surface area contributed by atoms with Gasteiger partial charge in [0, 0.05) is 20.7 Å². The van der Waals surface area contributed by atoms with Gasteiger partial charge in [0.1, 0.15) is 0 Å². The number of halogens is 2. The molecule has 130 valence electrons. The van der Waals surface area contributed by atoms with E-state index in [2.05, 4.69) is 59.0 Å². The summed E-state index contributed by atoms with van der Waals surface area (Å²) in [5.74, 6) is -0.191. The van der Waals surface area contributed by atoms with Gasteiger partial charge in [-0.15, -0.1) is 0 Å². The quantitative estimate of drug-likeness (QED) is 0.146. The summed E-state index contributed by atoms with van der Waals surface area (Å²) in [5.41, 5.74) is 0. The van der Waals surface area contributed by atoms with E-state index in [0.29, 0.717) is 33.9 Å². The van der Waals surface area contributed by atoms with Crippen LogP contribution in [0.3, 0.4) is 0 Å². The molecule has 0 fully saturated rings. The fraction of sp³-hybridized carbons (Fsp3) is 0.875. The minimum atomic E-state index is -0.0954. The SMILES string of the molecule is CC(I)CCC(=O)OCCCCCCOC(=O)CCC(C)I. The highest BCUT2D eigenvalue weighted by Gasteiger charge is 2.06. The van der Waals surface area contributed by atoms with Crippen LogP contribution in [-0.4, -0.2) is 33.0 Å². The summed E-state index contributed by atoms with van der Waals surface area (Å²) < 4.78 is 11.3. The van der Waals surface area contributed by atoms with E-state index in [0.717, 1.165) is 38.5 Å². The number of unbranched alkanes of at least 4 members (excludes halogenated alkanes) is 3. The minimum absolute atomic E-state index is 0.0954. The minimum Gasteiger partial charge on any atom is -0.466 e. The summed E-state index contributed by atoms with van der Waals surface area (Å²) in [5, 5.41) is 0. The van der Waals surface area contributed by atoms with Crippen molar-refractivity contribution in [2.24, 2.45) is 0 Å². The summed E-state index contributed by atoms with van der Waals surface area (Å²) in [6, 6.07) is 0. The van der Waals surface area contributed by atoms with Gasteiger partial charge in [0.2, 0.25) is 0 Å². The number of ether oxygens (including phenoxy) is 2. The summed E-state index contributed by atoms with van der Waals surface area (Å²) in [6.45, 7) is 5.18. The van der Waals surface area contributed by atoms with Crippen molar-refractivity contribution in [3.8, 4) is 0 Å². The second kappa shape index (κ2) is 15.0. The molecule has 0 aromatic carbocycles. The zero-order chi connectivity index (χ0) is 16.8. The van der Waals surface area contributed by atoms with Gasteiger partial charge in [-0.1, -0.05) is 59.0 Å². The summed E-state index contributed by atoms with van der Waals surface area (Å²) in [6.07, 6.45) is 6.53. The predicted octanol–water partition coefficient (Wildman–Crippen LogP) is 4.84. The molecule has 0 aromatic rings. The van der Waals surface area contributed by atoms with E-state index >= 15 is 0 Å². The van der Waals surface area contributed by atoms with Crippen LogP contribution in [0, 0.1) is 0 Å². The molecule has 0 aliphatic heterocycles. The maximum Gasteiger partial charge on any atom is 0.305 e. The molecule has 0 heterocycles. The average molecular weight is 538 g/mol. The molecule has 0 aromatic heterocycles. The highest BCUT2D eigenvalue weighted by Crippen LogP contribution is 2.09. The first-order valence-electron chi connectivity index (χ1n) is 8.01. The highest BCUT2D eigenvalue weighted by atomic mass is 127. The third-order valence-electron chi connectivity index (χ3n) is 3.06. The van der Waals surface area contributed by atoms with Crippen LogP contribution in [0.5, 0.6) is 0 Å². The fourth-order valence-corrected chi connectivity index (χ4v) is 2.33. The summed E-state index contributed by atoms with van der Waals surface area (Å²) in [7, 11) is 0. The highest BCUT2D eigenvalue weighted by molar-refractivity contribution is 14.1. The van der Waals surface area contributed by atoms with Gasteiger partial charge in [0.05, 0.1) is 13.2 Å². The van der Waals surface area contributed by atoms with E-state index in [1.165, 1.54) is 0 Å². The molecule has 0 aliphatic carbocycles. The van der Waals surface area contributed by atoms with Crippen LogP contribution in [0.15, 0.2) is 0 Å². The zero-order valence-electron chi connectivity index (χ0n) is 13.6. The Morgan fingerprint density at radius 3 is 1.45 bits per heavy atom. The first kappa shape index (κ1) is 22.4. The Labute approximate surface area is 161 Å². The molecule has 0 amide bonds. The predicted molar refractivity (Wildman–Crippen MR) is 106 cm³/mol. The van der Waals surface area contributed by atoms with Gasteiger partial charge in [-0.2, -0.15) is 0 Å². The molecule has 0 N–H and O–H groups in total. The molecule has 0 saturated carbocycles. The summed E-state index contributed by atoms with van der Waals surface area (Å²) in [4.78, 5) is 22.8. The lowest BCUT2D eigenvalue weighted by Crippen LogP contribution is -2.08. The van der Waals surface area contributed by atoms with Crippen LogP contribution < -0.4 is 0 Å². The average Bonchev–Trinajstić information content (AvgIpc) is 2.45. The Morgan fingerprint density at radius 1 is 0.773 bits per heavy atom. The molecule has 6 heteroatoms. The van der Waals surface area contributed by atoms with Crippen LogP contribution in [0.1, 0.15) is 65.2 Å². The molecule has 0 saturated heterocycles. The van der Waals surface area contributed by atoms with Gasteiger partial charge in [0.25, 0.3) is 0 Å². The zero-order valence-corrected chi connectivity index (χ0v) is 17.9. The van der Waals surface area contributed by atoms with E-state index in [4.69, 9.17) is 9.47 Å². The first-order valence-corrected chi connectivity index (χ1v) is 10.5. The lowest BCUT2D eigenvalue weighted by atomic mass is 10.2. The van der Waals surface area contributed by atoms with Crippen molar-refractivity contribution in [2.75, 3.05) is 13.2 Å². The smallest absolute Gasteiger partial charge is 0.305 e. The molecule has 0 aliphatic rings. The van der Waals surface area contributed by atoms with Gasteiger partial charge in [-0.3, -0.25) is 9.59 Å². The van der Waals surface area contributed by atoms with Crippen molar-refractivity contribution >= 4 is 57.1 Å². The van der Waals surface area contributed by atoms with Crippen molar-refractivity contribution < 1.29 is 19.1 Å². The topological polar surface area (TPSA) is 52.6 Å². The van der Waals surface area contributed by atoms with E-state index in [1.54, 1.807) is 0 Å². The first-order chi connectivity index (χ1) is 10.4. The molecule has 0 bridgehead atoms. The van der Waals surface area contributed by atoms with Crippen molar-refractivity contribution in [3.05, 3.63) is 0 Å². The van der Waals surface area contributed by atoms with Crippen molar-refractivity contribution in [3.63, 3.8) is 0 Å². The molecule has 4 nitrogen and oxygen atoms in total. The Hall–Kier alpha value is 0.400. The Balaban J connectivity index is 3.30. The molecular formula is C16H28I2O4. The van der Waals surface area contributed by atoms with Gasteiger partial charge in [-0.25, -0.2) is 0 Å². The lowest BCUT2D eigenvalue weighted by Gasteiger charge is -2.07. The van der Waals surface area contributed by atoms with Gasteiger partial charge in [-0.05, 0) is 38.5 Å². The number of hydrogen-bond donors (Lipinski definition) is 0. The molecule has 0 rings (SSSR count). The number of carbonyl (C=O) groups is 2. The molecule has 22 heavy (non-hydrogen) atoms. The third-order valence-corrected chi connectivity index (χ3v) is 4.30. The Bertz CT molecular complexity index is 277. The number of carbonyl (C=O) groups excluding carboxylic acids is 2. The largest absolute Gasteiger partial charge is 0.466 e. The number of esters is 2. The van der Waals surface area contributed by atoms with Crippen LogP contribution in [0.25, 0.3) is 0 Å². The summed E-state index contributed by atoms with van der Waals surface area (Å²) >= 11 is 4.62. The van der Waals surface area contributed by atoms with Crippen LogP contribution in [0.4, 0.5) is 0 Å². The monoisotopic (exact) mass is 538 g/mol. The number of alkyl halides is 2. The van der Waals surface area contributed by atoms with Gasteiger partial charge < -0.3 is 9.47 Å². The molecule has 0 spiro atoms. The van der Waals surface area contributed by atoms with E-state index < -0.39 is 0 Å². The van der Waals surface area contributed by atoms with Crippen LogP contribution >= 0.6 is 45.2 Å². The number of rotatable bonds is 13. The van der Waals surface area contributed by atoms with Crippen LogP contribution in [-0.2, 0) is 19.1 Å². The van der Waals surface area contributed by atoms with Gasteiger partial charge in [0.15, 0.2) is 0 Å². The van der Waals surface area contributed by atoms with Crippen LogP contribution in [0.2, 0.25) is 0 Å². The molecular weight excluding hydrogens is 510 g/mol. The maximum absolute atomic E-state index is 11.4. The Kier molecular flexibility index (Phi) is 15.2. The molecule has 2 unspecified atom stereocenters. The normalized spacial score (nSPS) is 13.5. The van der Waals surface area contributed by atoms with E-state index in [-0.39, 0.29) is 11.9 Å². The van der Waals surface area contributed by atoms with Crippen molar-refractivity contribution in [1.29, 1.82) is 0 Å². The van der Waals surface area contributed by atoms with E-state index in [9.17, 15) is 9.59 Å². The molecule has 0 radical (unpaired) electrons. The second-order valence-corrected chi connectivity index (χ2v) is 9.75. The maximum atomic E-state index is 11.4. The van der Waals surface area contributed by atoms with E-state index in [1.807, 2.05) is 0 Å². The molecule has 2 atom stereocenters. The standard InChI is InChI=1S/C16H28I2O4/c1-13(17)7-9-15(19)21-11-5-3-4-6-12-22-16(20)10-8-14(2)18/h13-14H,3-12H2,1-2H3. The van der Waals surface area contributed by atoms with Crippen molar-refractivity contribution in [1.82, 2.24) is 0 Å². The Morgan fingerprint density at radius 2 is 1.14 bits per heavy atom. The lowest BCUT2D eigenvalue weighted by molar-refractivity contribution is -0.145. The third kappa shape index (κ3) is 16.8. The number of hydrogen-bond acceptors (Lipinski definition) is 4. The van der Waals surface area contributed by atoms with Gasteiger partial charge >= 0.3 is 11.9 Å². The second-order valence-electron chi connectivity index (χ2n) is 5.49. The van der Waals surface area contributed by atoms with Crippen molar-refractivity contribution in [2.45, 2.75) is 73.1 Å². The fourth-order valence-electron chi connectivity index (χ4n) is 1.71.